The summed E-state index contributed by atoms with van der Waals surface area (Å²) in [6.07, 6.45) is 1.97. The lowest BCUT2D eigenvalue weighted by atomic mass is 10.1. The average molecular weight is 372 g/mol. The first-order valence-electron chi connectivity index (χ1n) is 9.60. The number of halogens is 1. The van der Waals surface area contributed by atoms with E-state index < -0.39 is 0 Å². The van der Waals surface area contributed by atoms with Crippen molar-refractivity contribution in [3.05, 3.63) is 53.1 Å². The van der Waals surface area contributed by atoms with Crippen LogP contribution < -0.4 is 5.32 Å². The van der Waals surface area contributed by atoms with Gasteiger partial charge in [-0.1, -0.05) is 12.1 Å². The van der Waals surface area contributed by atoms with Gasteiger partial charge in [0.15, 0.2) is 0 Å². The molecule has 1 atom stereocenters. The van der Waals surface area contributed by atoms with Gasteiger partial charge in [-0.05, 0) is 36.7 Å². The van der Waals surface area contributed by atoms with Gasteiger partial charge in [0.2, 0.25) is 5.91 Å². The number of morpholine rings is 1. The van der Waals surface area contributed by atoms with Crippen LogP contribution in [-0.2, 0) is 29.0 Å². The summed E-state index contributed by atoms with van der Waals surface area (Å²) in [5.41, 5.74) is 3.07. The Labute approximate surface area is 158 Å². The first-order chi connectivity index (χ1) is 13.2. The number of hydrogen-bond acceptors (Lipinski definition) is 4. The number of aromatic nitrogens is 2. The Bertz CT molecular complexity index is 766. The van der Waals surface area contributed by atoms with Crippen molar-refractivity contribution in [2.75, 3.05) is 26.2 Å². The van der Waals surface area contributed by atoms with E-state index in [0.717, 1.165) is 37.3 Å². The molecule has 4 rings (SSSR count). The number of aryl methyl sites for hydroxylation is 2. The Morgan fingerprint density at radius 2 is 2.15 bits per heavy atom. The van der Waals surface area contributed by atoms with Crippen LogP contribution in [0.3, 0.4) is 0 Å². The molecule has 2 aromatic rings. The molecule has 0 radical (unpaired) electrons. The molecule has 144 valence electrons. The molecule has 1 N–H and O–H groups in total. The van der Waals surface area contributed by atoms with Gasteiger partial charge in [0.05, 0.1) is 24.5 Å². The summed E-state index contributed by atoms with van der Waals surface area (Å²) in [4.78, 5) is 14.5. The lowest BCUT2D eigenvalue weighted by Crippen LogP contribution is -2.42. The van der Waals surface area contributed by atoms with Crippen molar-refractivity contribution in [1.29, 1.82) is 0 Å². The summed E-state index contributed by atoms with van der Waals surface area (Å²) in [6.45, 7) is 4.39. The van der Waals surface area contributed by atoms with E-state index in [4.69, 9.17) is 4.74 Å². The number of hydrogen-bond donors (Lipinski definition) is 1. The molecule has 1 saturated heterocycles. The number of nitrogens with zero attached hydrogens (tertiary/aromatic N) is 3. The second-order valence-electron chi connectivity index (χ2n) is 7.13. The number of rotatable bonds is 4. The molecule has 0 saturated carbocycles. The van der Waals surface area contributed by atoms with Crippen molar-refractivity contribution in [2.24, 2.45) is 0 Å². The summed E-state index contributed by atoms with van der Waals surface area (Å²) in [7, 11) is 0. The van der Waals surface area contributed by atoms with Gasteiger partial charge in [0.25, 0.3) is 0 Å². The molecule has 6 nitrogen and oxygen atoms in total. The molecule has 0 aliphatic carbocycles. The second-order valence-corrected chi connectivity index (χ2v) is 7.13. The summed E-state index contributed by atoms with van der Waals surface area (Å²) in [6, 6.07) is 8.40. The van der Waals surface area contributed by atoms with E-state index in [1.165, 1.54) is 17.8 Å². The molecule has 1 fully saturated rings. The quantitative estimate of drug-likeness (QED) is 0.892. The minimum absolute atomic E-state index is 0.117. The molecule has 0 spiro atoms. The highest BCUT2D eigenvalue weighted by atomic mass is 19.1. The van der Waals surface area contributed by atoms with Crippen molar-refractivity contribution < 1.29 is 13.9 Å². The zero-order valence-corrected chi connectivity index (χ0v) is 15.4. The molecule has 0 bridgehead atoms. The summed E-state index contributed by atoms with van der Waals surface area (Å²) >= 11 is 0. The molecule has 2 aliphatic heterocycles. The van der Waals surface area contributed by atoms with E-state index in [2.05, 4.69) is 21.2 Å². The summed E-state index contributed by atoms with van der Waals surface area (Å²) < 4.78 is 20.9. The van der Waals surface area contributed by atoms with Gasteiger partial charge in [-0.15, -0.1) is 0 Å². The van der Waals surface area contributed by atoms with Crippen molar-refractivity contribution in [1.82, 2.24) is 20.0 Å². The minimum atomic E-state index is -0.267. The van der Waals surface area contributed by atoms with E-state index >= 15 is 0 Å². The zero-order valence-electron chi connectivity index (χ0n) is 15.4. The van der Waals surface area contributed by atoms with E-state index in [1.54, 1.807) is 12.1 Å². The van der Waals surface area contributed by atoms with Crippen molar-refractivity contribution >= 4 is 5.91 Å². The first-order valence-corrected chi connectivity index (χ1v) is 9.60. The molecule has 7 heteroatoms. The third-order valence-corrected chi connectivity index (χ3v) is 5.20. The Hall–Kier alpha value is -2.25. The Morgan fingerprint density at radius 3 is 3.00 bits per heavy atom. The van der Waals surface area contributed by atoms with E-state index in [9.17, 15) is 9.18 Å². The fourth-order valence-electron chi connectivity index (χ4n) is 3.69. The monoisotopic (exact) mass is 372 g/mol. The van der Waals surface area contributed by atoms with Gasteiger partial charge >= 0.3 is 0 Å². The SMILES string of the molecule is O=C(CCc1cc2n(n1)CCCNC2)N1CCO[C@H](c2ccc(F)cc2)C1. The van der Waals surface area contributed by atoms with Crippen LogP contribution in [0.5, 0.6) is 0 Å². The number of amides is 1. The molecule has 2 aliphatic rings. The third-order valence-electron chi connectivity index (χ3n) is 5.20. The molecule has 3 heterocycles. The lowest BCUT2D eigenvalue weighted by molar-refractivity contribution is -0.139. The normalized spacial score (nSPS) is 20.2. The van der Waals surface area contributed by atoms with Crippen molar-refractivity contribution in [3.63, 3.8) is 0 Å². The number of nitrogens with one attached hydrogen (secondary N) is 1. The van der Waals surface area contributed by atoms with Gasteiger partial charge in [0, 0.05) is 32.5 Å². The molecular formula is C20H25FN4O2. The third kappa shape index (κ3) is 4.36. The second kappa shape index (κ2) is 8.19. The maximum Gasteiger partial charge on any atom is 0.223 e. The van der Waals surface area contributed by atoms with Crippen LogP contribution in [-0.4, -0.2) is 46.8 Å². The van der Waals surface area contributed by atoms with Gasteiger partial charge < -0.3 is 15.0 Å². The van der Waals surface area contributed by atoms with E-state index in [0.29, 0.717) is 32.5 Å². The summed E-state index contributed by atoms with van der Waals surface area (Å²) in [5, 5.41) is 8.03. The smallest absolute Gasteiger partial charge is 0.223 e. The lowest BCUT2D eigenvalue weighted by Gasteiger charge is -2.33. The van der Waals surface area contributed by atoms with Crippen LogP contribution >= 0.6 is 0 Å². The Morgan fingerprint density at radius 1 is 1.30 bits per heavy atom. The van der Waals surface area contributed by atoms with Crippen molar-refractivity contribution in [3.8, 4) is 0 Å². The van der Waals surface area contributed by atoms with Crippen LogP contribution in [0, 0.1) is 5.82 Å². The number of benzene rings is 1. The van der Waals surface area contributed by atoms with E-state index in [1.807, 2.05) is 4.90 Å². The first kappa shape index (κ1) is 18.1. The van der Waals surface area contributed by atoms with Crippen LogP contribution in [0.25, 0.3) is 0 Å². The maximum atomic E-state index is 13.1. The average Bonchev–Trinajstić information content (AvgIpc) is 2.96. The highest BCUT2D eigenvalue weighted by Crippen LogP contribution is 2.23. The molecule has 1 aromatic heterocycles. The zero-order chi connectivity index (χ0) is 18.6. The number of carbonyl (C=O) groups excluding carboxylic acids is 1. The molecule has 27 heavy (non-hydrogen) atoms. The molecule has 1 amide bonds. The molecule has 1 aromatic carbocycles. The minimum Gasteiger partial charge on any atom is -0.370 e. The van der Waals surface area contributed by atoms with E-state index in [-0.39, 0.29) is 17.8 Å². The Kier molecular flexibility index (Phi) is 5.50. The largest absolute Gasteiger partial charge is 0.370 e. The number of fused-ring (bicyclic) bond motifs is 1. The number of carbonyl (C=O) groups is 1. The highest BCUT2D eigenvalue weighted by molar-refractivity contribution is 5.76. The predicted molar refractivity (Wildman–Crippen MR) is 98.5 cm³/mol. The number of ether oxygens (including phenoxy) is 1. The van der Waals surface area contributed by atoms with Gasteiger partial charge in [0.1, 0.15) is 11.9 Å². The summed E-state index contributed by atoms with van der Waals surface area (Å²) in [5.74, 6) is -0.150. The van der Waals surface area contributed by atoms with Crippen LogP contribution in [0.2, 0.25) is 0 Å². The topological polar surface area (TPSA) is 59.4 Å². The van der Waals surface area contributed by atoms with Gasteiger partial charge in [-0.3, -0.25) is 9.48 Å². The van der Waals surface area contributed by atoms with Gasteiger partial charge in [-0.2, -0.15) is 5.10 Å². The maximum absolute atomic E-state index is 13.1. The van der Waals surface area contributed by atoms with Crippen LogP contribution in [0.15, 0.2) is 30.3 Å². The fraction of sp³-hybridized carbons (Fsp3) is 0.500. The predicted octanol–water partition coefficient (Wildman–Crippen LogP) is 2.05. The highest BCUT2D eigenvalue weighted by Gasteiger charge is 2.25. The fourth-order valence-corrected chi connectivity index (χ4v) is 3.69. The molecular weight excluding hydrogens is 347 g/mol. The van der Waals surface area contributed by atoms with Crippen LogP contribution in [0.4, 0.5) is 4.39 Å². The molecule has 0 unspecified atom stereocenters. The standard InChI is InChI=1S/C20H25FN4O2/c21-16-4-2-15(3-5-16)19-14-24(10-11-27-19)20(26)7-6-17-12-18-13-22-8-1-9-25(18)23-17/h2-5,12,19,22H,1,6-11,13-14H2/t19-/m0/s1. The van der Waals surface area contributed by atoms with Gasteiger partial charge in [-0.25, -0.2) is 4.39 Å². The Balaban J connectivity index is 1.33. The van der Waals surface area contributed by atoms with Crippen LogP contribution in [0.1, 0.15) is 35.9 Å². The van der Waals surface area contributed by atoms with Crippen molar-refractivity contribution in [2.45, 2.75) is 38.5 Å².